The van der Waals surface area contributed by atoms with Crippen LogP contribution in [0.4, 0.5) is 18.0 Å². The Hall–Kier alpha value is -3.07. The van der Waals surface area contributed by atoms with Gasteiger partial charge in [0.1, 0.15) is 5.60 Å². The SMILES string of the molecule is CCS(=O)(=O)c1ccc(Cl)cc1Cn1c(=O)[nH]c2c(Cl)c(C[C@H](NC(=O)OC(C)(C)C)C3CCCN3)c(C(F)(F)F)cc2c1=O. The van der Waals surface area contributed by atoms with Crippen molar-refractivity contribution in [1.82, 2.24) is 20.2 Å². The van der Waals surface area contributed by atoms with Crippen LogP contribution in [0.25, 0.3) is 10.9 Å². The number of alkyl carbamates (subject to hydrolysis) is 1. The standard InChI is InChI=1S/C29H33Cl2F3N4O6S/c1-5-45(42,43)22-9-8-16(30)11-15(22)14-38-25(39)18-12-19(29(32,33)34)17(23(31)24(18)37-26(38)40)13-21(20-7-6-10-35-20)36-27(41)44-28(2,3)4/h8-9,11-12,20-21,35H,5-7,10,13-14H2,1-4H3,(H,36,41)(H,37,40)/t20?,21-/m0/s1. The van der Waals surface area contributed by atoms with E-state index in [0.717, 1.165) is 6.42 Å². The Bertz CT molecular complexity index is 1850. The predicted octanol–water partition coefficient (Wildman–Crippen LogP) is 5.05. The van der Waals surface area contributed by atoms with E-state index in [4.69, 9.17) is 27.9 Å². The van der Waals surface area contributed by atoms with E-state index in [0.29, 0.717) is 23.6 Å². The highest BCUT2D eigenvalue weighted by Gasteiger charge is 2.38. The van der Waals surface area contributed by atoms with E-state index < -0.39 is 85.5 Å². The first-order chi connectivity index (χ1) is 20.8. The molecule has 4 rings (SSSR count). The molecule has 1 fully saturated rings. The highest BCUT2D eigenvalue weighted by atomic mass is 35.5. The highest BCUT2D eigenvalue weighted by Crippen LogP contribution is 2.39. The Balaban J connectivity index is 1.86. The Morgan fingerprint density at radius 2 is 1.87 bits per heavy atom. The lowest BCUT2D eigenvalue weighted by Gasteiger charge is -2.29. The molecule has 2 atom stereocenters. The fraction of sp³-hybridized carbons (Fsp3) is 0.483. The Morgan fingerprint density at radius 1 is 1.18 bits per heavy atom. The summed E-state index contributed by atoms with van der Waals surface area (Å²) in [6, 6.07) is 3.18. The number of carbonyl (C=O) groups excluding carboxylic acids is 1. The van der Waals surface area contributed by atoms with E-state index in [1.54, 1.807) is 20.8 Å². The Kier molecular flexibility index (Phi) is 10.0. The van der Waals surface area contributed by atoms with E-state index in [1.165, 1.54) is 25.1 Å². The predicted molar refractivity (Wildman–Crippen MR) is 165 cm³/mol. The Labute approximate surface area is 267 Å². The lowest BCUT2D eigenvalue weighted by molar-refractivity contribution is -0.138. The third kappa shape index (κ3) is 7.84. The van der Waals surface area contributed by atoms with Crippen LogP contribution < -0.4 is 21.9 Å². The summed E-state index contributed by atoms with van der Waals surface area (Å²) < 4.78 is 74.9. The second-order valence-electron chi connectivity index (χ2n) is 11.8. The molecule has 0 spiro atoms. The summed E-state index contributed by atoms with van der Waals surface area (Å²) in [4.78, 5) is 41.6. The molecule has 45 heavy (non-hydrogen) atoms. The topological polar surface area (TPSA) is 139 Å². The molecule has 3 aromatic rings. The third-order valence-corrected chi connectivity index (χ3v) is 9.88. The van der Waals surface area contributed by atoms with Gasteiger partial charge in [-0.25, -0.2) is 18.0 Å². The minimum atomic E-state index is -4.98. The molecule has 1 unspecified atom stereocenters. The lowest BCUT2D eigenvalue weighted by Crippen LogP contribution is -2.50. The van der Waals surface area contributed by atoms with E-state index in [2.05, 4.69) is 15.6 Å². The van der Waals surface area contributed by atoms with Crippen LogP contribution in [-0.2, 0) is 33.7 Å². The molecule has 2 heterocycles. The van der Waals surface area contributed by atoms with Gasteiger partial charge >= 0.3 is 18.0 Å². The van der Waals surface area contributed by atoms with Gasteiger partial charge in [0.05, 0.1) is 44.7 Å². The number of ether oxygens (including phenoxy) is 1. The number of nitrogens with one attached hydrogen (secondary N) is 3. The fourth-order valence-corrected chi connectivity index (χ4v) is 6.95. The lowest BCUT2D eigenvalue weighted by atomic mass is 9.93. The maximum Gasteiger partial charge on any atom is 0.416 e. The molecule has 10 nitrogen and oxygen atoms in total. The van der Waals surface area contributed by atoms with Gasteiger partial charge in [-0.1, -0.05) is 30.1 Å². The normalized spacial score (nSPS) is 16.6. The molecular weight excluding hydrogens is 660 g/mol. The van der Waals surface area contributed by atoms with Gasteiger partial charge < -0.3 is 20.4 Å². The zero-order chi connectivity index (χ0) is 33.5. The molecule has 246 valence electrons. The van der Waals surface area contributed by atoms with Crippen molar-refractivity contribution in [2.75, 3.05) is 12.3 Å². The van der Waals surface area contributed by atoms with Gasteiger partial charge in [0, 0.05) is 11.1 Å². The Morgan fingerprint density at radius 3 is 2.44 bits per heavy atom. The minimum Gasteiger partial charge on any atom is -0.444 e. The molecule has 3 N–H and O–H groups in total. The second-order valence-corrected chi connectivity index (χ2v) is 14.8. The molecule has 0 aliphatic carbocycles. The molecule has 16 heteroatoms. The van der Waals surface area contributed by atoms with Crippen molar-refractivity contribution in [2.24, 2.45) is 0 Å². The average Bonchev–Trinajstić information content (AvgIpc) is 3.45. The first kappa shape index (κ1) is 34.8. The number of aromatic nitrogens is 2. The molecule has 2 aromatic carbocycles. The van der Waals surface area contributed by atoms with Crippen LogP contribution in [0.3, 0.4) is 0 Å². The van der Waals surface area contributed by atoms with Crippen molar-refractivity contribution in [3.05, 3.63) is 71.8 Å². The maximum absolute atomic E-state index is 14.5. The quantitative estimate of drug-likeness (QED) is 0.300. The first-order valence-corrected chi connectivity index (χ1v) is 16.5. The first-order valence-electron chi connectivity index (χ1n) is 14.1. The number of hydrogen-bond acceptors (Lipinski definition) is 7. The van der Waals surface area contributed by atoms with Crippen LogP contribution in [0, 0.1) is 0 Å². The molecule has 1 aliphatic heterocycles. The summed E-state index contributed by atoms with van der Waals surface area (Å²) in [5, 5.41) is 4.92. The zero-order valence-electron chi connectivity index (χ0n) is 24.9. The molecular formula is C29H33Cl2F3N4O6S. The zero-order valence-corrected chi connectivity index (χ0v) is 27.2. The van der Waals surface area contributed by atoms with Crippen molar-refractivity contribution < 1.29 is 31.1 Å². The summed E-state index contributed by atoms with van der Waals surface area (Å²) >= 11 is 12.6. The number of fused-ring (bicyclic) bond motifs is 1. The second kappa shape index (κ2) is 13.0. The molecule has 1 aliphatic rings. The maximum atomic E-state index is 14.5. The number of hydrogen-bond donors (Lipinski definition) is 3. The molecule has 1 saturated heterocycles. The number of halogens is 5. The number of benzene rings is 2. The van der Waals surface area contributed by atoms with Gasteiger partial charge in [-0.2, -0.15) is 13.2 Å². The van der Waals surface area contributed by atoms with Crippen LogP contribution in [0.15, 0.2) is 38.8 Å². The van der Waals surface area contributed by atoms with Crippen molar-refractivity contribution in [1.29, 1.82) is 0 Å². The van der Waals surface area contributed by atoms with Gasteiger partial charge in [-0.3, -0.25) is 9.36 Å². The van der Waals surface area contributed by atoms with Crippen LogP contribution in [0.1, 0.15) is 57.2 Å². The highest BCUT2D eigenvalue weighted by molar-refractivity contribution is 7.91. The van der Waals surface area contributed by atoms with Crippen LogP contribution in [0.5, 0.6) is 0 Å². The van der Waals surface area contributed by atoms with E-state index in [9.17, 15) is 36.0 Å². The van der Waals surface area contributed by atoms with Gasteiger partial charge in [0.15, 0.2) is 9.84 Å². The smallest absolute Gasteiger partial charge is 0.416 e. The van der Waals surface area contributed by atoms with E-state index in [1.807, 2.05) is 0 Å². The van der Waals surface area contributed by atoms with Crippen LogP contribution in [0.2, 0.25) is 10.0 Å². The molecule has 0 saturated carbocycles. The van der Waals surface area contributed by atoms with Gasteiger partial charge in [-0.15, -0.1) is 0 Å². The van der Waals surface area contributed by atoms with Crippen molar-refractivity contribution in [3.8, 4) is 0 Å². The molecule has 0 bridgehead atoms. The number of amides is 1. The molecule has 0 radical (unpaired) electrons. The van der Waals surface area contributed by atoms with Crippen molar-refractivity contribution >= 4 is 50.0 Å². The number of aromatic amines is 1. The van der Waals surface area contributed by atoms with E-state index in [-0.39, 0.29) is 26.8 Å². The summed E-state index contributed by atoms with van der Waals surface area (Å²) in [6.07, 6.45) is -4.90. The van der Waals surface area contributed by atoms with Crippen LogP contribution >= 0.6 is 23.2 Å². The summed E-state index contributed by atoms with van der Waals surface area (Å²) in [6.45, 7) is 6.37. The number of rotatable bonds is 8. The number of nitrogens with zero attached hydrogens (tertiary/aromatic N) is 1. The fourth-order valence-electron chi connectivity index (χ4n) is 5.32. The number of H-pyrrole nitrogens is 1. The van der Waals surface area contributed by atoms with Gasteiger partial charge in [0.25, 0.3) is 5.56 Å². The number of sulfone groups is 1. The molecule has 1 aromatic heterocycles. The number of carbonyl (C=O) groups is 1. The average molecular weight is 694 g/mol. The largest absolute Gasteiger partial charge is 0.444 e. The summed E-state index contributed by atoms with van der Waals surface area (Å²) in [5.74, 6) is -0.280. The third-order valence-electron chi connectivity index (χ3n) is 7.40. The van der Waals surface area contributed by atoms with Gasteiger partial charge in [-0.05, 0) is 82.0 Å². The van der Waals surface area contributed by atoms with Crippen molar-refractivity contribution in [2.45, 2.75) is 82.3 Å². The number of alkyl halides is 3. The summed E-state index contributed by atoms with van der Waals surface area (Å²) in [5.41, 5.74) is -4.97. The monoisotopic (exact) mass is 692 g/mol. The van der Waals surface area contributed by atoms with Crippen LogP contribution in [-0.4, -0.2) is 54.0 Å². The van der Waals surface area contributed by atoms with Crippen molar-refractivity contribution in [3.63, 3.8) is 0 Å². The van der Waals surface area contributed by atoms with Gasteiger partial charge in [0.2, 0.25) is 0 Å². The summed E-state index contributed by atoms with van der Waals surface area (Å²) in [7, 11) is -3.81. The molecule has 1 amide bonds. The van der Waals surface area contributed by atoms with E-state index >= 15 is 0 Å². The minimum absolute atomic E-state index is 0.00943.